The second kappa shape index (κ2) is 2.98. The number of hydrogen-bond donors (Lipinski definition) is 0. The third-order valence-electron chi connectivity index (χ3n) is 0.767. The van der Waals surface area contributed by atoms with E-state index in [-0.39, 0.29) is 3.79 Å². The first kappa shape index (κ1) is 7.50. The highest BCUT2D eigenvalue weighted by molar-refractivity contribution is 14.1. The van der Waals surface area contributed by atoms with Crippen molar-refractivity contribution in [3.63, 3.8) is 0 Å². The topological polar surface area (TPSA) is 17.1 Å². The van der Waals surface area contributed by atoms with Crippen LogP contribution in [0.25, 0.3) is 0 Å². The molecule has 9 heavy (non-hydrogen) atoms. The molecule has 1 rings (SSSR count). The van der Waals surface area contributed by atoms with Gasteiger partial charge < -0.3 is 0 Å². The van der Waals surface area contributed by atoms with Gasteiger partial charge in [-0.15, -0.1) is 11.3 Å². The second-order valence-electron chi connectivity index (χ2n) is 1.38. The Balaban J connectivity index is 2.98. The van der Waals surface area contributed by atoms with Gasteiger partial charge in [0.2, 0.25) is 3.79 Å². The molecule has 0 bridgehead atoms. The summed E-state index contributed by atoms with van der Waals surface area (Å²) < 4.78 is 0.708. The summed E-state index contributed by atoms with van der Waals surface area (Å²) in [5, 5.41) is 0. The van der Waals surface area contributed by atoms with Gasteiger partial charge in [0.15, 0.2) is 0 Å². The van der Waals surface area contributed by atoms with Crippen molar-refractivity contribution in [2.24, 2.45) is 0 Å². The lowest BCUT2D eigenvalue weighted by molar-refractivity contribution is 0.110. The molecule has 1 heterocycles. The van der Waals surface area contributed by atoms with Crippen LogP contribution in [-0.2, 0) is 0 Å². The molecule has 0 amide bonds. The van der Waals surface area contributed by atoms with Crippen LogP contribution in [0.1, 0.15) is 9.67 Å². The van der Waals surface area contributed by atoms with Crippen molar-refractivity contribution in [2.45, 2.75) is 0 Å². The lowest BCUT2D eigenvalue weighted by Gasteiger charge is -1.78. The van der Waals surface area contributed by atoms with E-state index in [1.165, 1.54) is 11.3 Å². The van der Waals surface area contributed by atoms with Crippen LogP contribution < -0.4 is 0 Å². The fourth-order valence-electron chi connectivity index (χ4n) is 0.420. The highest BCUT2D eigenvalue weighted by atomic mass is 127. The van der Waals surface area contributed by atoms with Crippen LogP contribution in [0.2, 0.25) is 4.34 Å². The molecule has 1 aromatic heterocycles. The average Bonchev–Trinajstić information content (AvgIpc) is 2.14. The molecule has 0 spiro atoms. The molecule has 0 saturated carbocycles. The Kier molecular flexibility index (Phi) is 2.49. The summed E-state index contributed by atoms with van der Waals surface area (Å²) in [5.41, 5.74) is 0. The van der Waals surface area contributed by atoms with E-state index in [9.17, 15) is 4.79 Å². The molecule has 1 aromatic rings. The molecule has 0 aliphatic heterocycles. The Morgan fingerprint density at radius 3 is 2.56 bits per heavy atom. The summed E-state index contributed by atoms with van der Waals surface area (Å²) in [5.74, 6) is 0. The Bertz CT molecular complexity index is 233. The molecule has 1 nitrogen and oxygen atoms in total. The smallest absolute Gasteiger partial charge is 0.232 e. The summed E-state index contributed by atoms with van der Waals surface area (Å²) in [4.78, 5) is 11.3. The summed E-state index contributed by atoms with van der Waals surface area (Å²) in [6, 6.07) is 3.44. The summed E-state index contributed by atoms with van der Waals surface area (Å²) >= 11 is 8.61. The van der Waals surface area contributed by atoms with Gasteiger partial charge in [-0.3, -0.25) is 4.79 Å². The zero-order chi connectivity index (χ0) is 6.85. The first-order valence-corrected chi connectivity index (χ1v) is 4.42. The monoisotopic (exact) mass is 272 g/mol. The van der Waals surface area contributed by atoms with E-state index in [0.29, 0.717) is 9.21 Å². The van der Waals surface area contributed by atoms with Gasteiger partial charge in [-0.2, -0.15) is 0 Å². The van der Waals surface area contributed by atoms with Crippen LogP contribution in [0.15, 0.2) is 12.1 Å². The van der Waals surface area contributed by atoms with Gasteiger partial charge in [0.25, 0.3) is 0 Å². The second-order valence-corrected chi connectivity index (χ2v) is 4.07. The predicted molar refractivity (Wildman–Crippen MR) is 47.7 cm³/mol. The van der Waals surface area contributed by atoms with Crippen molar-refractivity contribution < 1.29 is 4.79 Å². The minimum Gasteiger partial charge on any atom is -0.281 e. The number of halogens is 2. The zero-order valence-electron chi connectivity index (χ0n) is 4.23. The van der Waals surface area contributed by atoms with Crippen LogP contribution in [0, 0.1) is 0 Å². The Morgan fingerprint density at radius 2 is 2.33 bits per heavy atom. The first-order chi connectivity index (χ1) is 4.20. The van der Waals surface area contributed by atoms with Crippen LogP contribution in [0.3, 0.4) is 0 Å². The highest BCUT2D eigenvalue weighted by Gasteiger charge is 2.02. The minimum absolute atomic E-state index is 0.0458. The molecule has 0 atom stereocenters. The number of carbonyl (C=O) groups excluding carboxylic acids is 1. The quantitative estimate of drug-likeness (QED) is 0.567. The Hall–Kier alpha value is 0.390. The molecule has 0 radical (unpaired) electrons. The normalized spacial score (nSPS) is 9.56. The standard InChI is InChI=1S/C5H2ClIOS/c6-4-2-1-3(9-4)5(7)8/h1-2H. The number of hydrogen-bond acceptors (Lipinski definition) is 2. The van der Waals surface area contributed by atoms with Crippen molar-refractivity contribution in [1.82, 2.24) is 0 Å². The van der Waals surface area contributed by atoms with Crippen molar-refractivity contribution >= 4 is 49.3 Å². The lowest BCUT2D eigenvalue weighted by Crippen LogP contribution is -1.76. The SMILES string of the molecule is O=C(I)c1ccc(Cl)s1. The van der Waals surface area contributed by atoms with Gasteiger partial charge in [-0.25, -0.2) is 0 Å². The number of rotatable bonds is 1. The summed E-state index contributed by atoms with van der Waals surface area (Å²) in [6.07, 6.45) is 0. The van der Waals surface area contributed by atoms with E-state index >= 15 is 0 Å². The molecule has 0 fully saturated rings. The van der Waals surface area contributed by atoms with E-state index in [4.69, 9.17) is 11.6 Å². The van der Waals surface area contributed by atoms with Crippen molar-refractivity contribution in [2.75, 3.05) is 0 Å². The van der Waals surface area contributed by atoms with Gasteiger partial charge in [0.05, 0.1) is 9.21 Å². The first-order valence-electron chi connectivity index (χ1n) is 2.15. The summed E-state index contributed by atoms with van der Waals surface area (Å²) in [6.45, 7) is 0. The van der Waals surface area contributed by atoms with Crippen molar-refractivity contribution in [3.05, 3.63) is 21.3 Å². The number of carbonyl (C=O) groups is 1. The fraction of sp³-hybridized carbons (Fsp3) is 0. The Morgan fingerprint density at radius 1 is 1.67 bits per heavy atom. The van der Waals surface area contributed by atoms with Crippen LogP contribution in [0.4, 0.5) is 0 Å². The molecule has 48 valence electrons. The average molecular weight is 272 g/mol. The lowest BCUT2D eigenvalue weighted by atomic mass is 10.5. The van der Waals surface area contributed by atoms with Crippen molar-refractivity contribution in [3.8, 4) is 0 Å². The third kappa shape index (κ3) is 1.91. The van der Waals surface area contributed by atoms with Gasteiger partial charge in [0, 0.05) is 22.6 Å². The maximum Gasteiger partial charge on any atom is 0.232 e. The molecular formula is C5H2ClIOS. The molecule has 0 aromatic carbocycles. The minimum atomic E-state index is 0.0458. The van der Waals surface area contributed by atoms with Crippen LogP contribution >= 0.6 is 45.5 Å². The van der Waals surface area contributed by atoms with Crippen LogP contribution in [-0.4, -0.2) is 3.79 Å². The van der Waals surface area contributed by atoms with E-state index in [1.807, 2.05) is 0 Å². The zero-order valence-corrected chi connectivity index (χ0v) is 7.96. The van der Waals surface area contributed by atoms with Gasteiger partial charge >= 0.3 is 0 Å². The molecule has 4 heteroatoms. The largest absolute Gasteiger partial charge is 0.281 e. The molecule has 0 unspecified atom stereocenters. The highest BCUT2D eigenvalue weighted by Crippen LogP contribution is 2.23. The molecule has 0 N–H and O–H groups in total. The van der Waals surface area contributed by atoms with E-state index in [1.54, 1.807) is 34.7 Å². The van der Waals surface area contributed by atoms with Gasteiger partial charge in [0.1, 0.15) is 0 Å². The van der Waals surface area contributed by atoms with Crippen LogP contribution in [0.5, 0.6) is 0 Å². The fourth-order valence-corrected chi connectivity index (χ4v) is 1.80. The van der Waals surface area contributed by atoms with Crippen molar-refractivity contribution in [1.29, 1.82) is 0 Å². The maximum absolute atomic E-state index is 10.6. The van der Waals surface area contributed by atoms with Gasteiger partial charge in [-0.1, -0.05) is 11.6 Å². The molecule has 0 aliphatic rings. The Labute approximate surface area is 75.2 Å². The molecule has 0 saturated heterocycles. The molecular weight excluding hydrogens is 270 g/mol. The summed E-state index contributed by atoms with van der Waals surface area (Å²) in [7, 11) is 0. The molecule has 0 aliphatic carbocycles. The van der Waals surface area contributed by atoms with E-state index in [0.717, 1.165) is 0 Å². The van der Waals surface area contributed by atoms with E-state index in [2.05, 4.69) is 0 Å². The van der Waals surface area contributed by atoms with E-state index < -0.39 is 0 Å². The predicted octanol–water partition coefficient (Wildman–Crippen LogP) is 2.98. The van der Waals surface area contributed by atoms with Gasteiger partial charge in [-0.05, 0) is 12.1 Å². The third-order valence-corrected chi connectivity index (χ3v) is 2.94. The maximum atomic E-state index is 10.6. The number of thiophene rings is 1.